The van der Waals surface area contributed by atoms with Crippen molar-refractivity contribution >= 4 is 19.9 Å². The van der Waals surface area contributed by atoms with Crippen LogP contribution >= 0.6 is 0 Å². The van der Waals surface area contributed by atoms with Crippen LogP contribution in [0.5, 0.6) is 0 Å². The van der Waals surface area contributed by atoms with Gasteiger partial charge in [-0.05, 0) is 19.8 Å². The van der Waals surface area contributed by atoms with Gasteiger partial charge in [-0.3, -0.25) is 0 Å². The molecule has 1 saturated heterocycles. The monoisotopic (exact) mass is 271 g/mol. The topological polar surface area (TPSA) is 101 Å². The second kappa shape index (κ2) is 4.99. The first kappa shape index (κ1) is 13.9. The minimum absolute atomic E-state index is 0.0361. The average Bonchev–Trinajstić information content (AvgIpc) is 2.14. The Hall–Kier alpha value is -0.180. The summed E-state index contributed by atoms with van der Waals surface area (Å²) in [5, 5.41) is 8.32. The number of rotatable bonds is 4. The van der Waals surface area contributed by atoms with Gasteiger partial charge in [-0.2, -0.15) is 0 Å². The molecule has 8 heteroatoms. The molecule has 0 spiro atoms. The third-order valence-electron chi connectivity index (χ3n) is 2.52. The molecule has 0 aromatic heterocycles. The lowest BCUT2D eigenvalue weighted by molar-refractivity contribution is 0.198. The second-order valence-corrected chi connectivity index (χ2v) is 8.44. The van der Waals surface area contributed by atoms with E-state index in [1.807, 2.05) is 0 Å². The lowest BCUT2D eigenvalue weighted by Crippen LogP contribution is -2.41. The van der Waals surface area contributed by atoms with Crippen molar-refractivity contribution in [3.63, 3.8) is 0 Å². The van der Waals surface area contributed by atoms with Gasteiger partial charge in [0, 0.05) is 6.54 Å². The number of aliphatic hydroxyl groups excluding tert-OH is 1. The Morgan fingerprint density at radius 1 is 1.38 bits per heavy atom. The Bertz CT molecular complexity index is 411. The maximum atomic E-state index is 11.7. The molecule has 1 aliphatic rings. The van der Waals surface area contributed by atoms with E-state index in [2.05, 4.69) is 4.72 Å². The molecule has 0 aromatic carbocycles. The van der Waals surface area contributed by atoms with E-state index < -0.39 is 31.2 Å². The first-order valence-corrected chi connectivity index (χ1v) is 8.47. The summed E-state index contributed by atoms with van der Waals surface area (Å²) in [4.78, 5) is 0. The second-order valence-electron chi connectivity index (χ2n) is 4.09. The zero-order valence-electron chi connectivity index (χ0n) is 9.09. The summed E-state index contributed by atoms with van der Waals surface area (Å²) in [5.41, 5.74) is 0. The zero-order valence-corrected chi connectivity index (χ0v) is 10.7. The molecule has 1 unspecified atom stereocenters. The van der Waals surface area contributed by atoms with E-state index in [0.717, 1.165) is 0 Å². The van der Waals surface area contributed by atoms with Gasteiger partial charge in [-0.15, -0.1) is 0 Å². The molecule has 0 saturated carbocycles. The molecule has 2 N–H and O–H groups in total. The van der Waals surface area contributed by atoms with Crippen molar-refractivity contribution in [1.29, 1.82) is 0 Å². The van der Waals surface area contributed by atoms with Gasteiger partial charge in [0.15, 0.2) is 0 Å². The van der Waals surface area contributed by atoms with Crippen molar-refractivity contribution in [1.82, 2.24) is 4.72 Å². The summed E-state index contributed by atoms with van der Waals surface area (Å²) < 4.78 is 47.9. The van der Waals surface area contributed by atoms with Gasteiger partial charge < -0.3 is 5.11 Å². The number of hydrogen-bond acceptors (Lipinski definition) is 5. The highest BCUT2D eigenvalue weighted by molar-refractivity contribution is 7.92. The fourth-order valence-corrected chi connectivity index (χ4v) is 4.89. The van der Waals surface area contributed by atoms with Gasteiger partial charge in [0.2, 0.25) is 10.0 Å². The summed E-state index contributed by atoms with van der Waals surface area (Å²) in [6, 6.07) is 0. The molecule has 1 fully saturated rings. The van der Waals surface area contributed by atoms with Gasteiger partial charge in [-0.1, -0.05) is 0 Å². The van der Waals surface area contributed by atoms with Crippen LogP contribution in [0.25, 0.3) is 0 Å². The van der Waals surface area contributed by atoms with Gasteiger partial charge in [-0.25, -0.2) is 21.6 Å². The summed E-state index contributed by atoms with van der Waals surface area (Å²) >= 11 is 0. The van der Waals surface area contributed by atoms with Crippen LogP contribution in [0.4, 0.5) is 0 Å². The predicted octanol–water partition coefficient (Wildman–Crippen LogP) is -1.14. The number of sulfonamides is 1. The highest BCUT2D eigenvalue weighted by atomic mass is 32.2. The van der Waals surface area contributed by atoms with E-state index in [1.165, 1.54) is 6.92 Å². The largest absolute Gasteiger partial charge is 0.392 e. The third kappa shape index (κ3) is 4.00. The van der Waals surface area contributed by atoms with Crippen LogP contribution in [0.1, 0.15) is 19.8 Å². The van der Waals surface area contributed by atoms with Crippen LogP contribution in [0.3, 0.4) is 0 Å². The highest BCUT2D eigenvalue weighted by Gasteiger charge is 2.32. The molecule has 16 heavy (non-hydrogen) atoms. The summed E-state index contributed by atoms with van der Waals surface area (Å²) in [5.74, 6) is -0.152. The minimum atomic E-state index is -3.50. The van der Waals surface area contributed by atoms with Crippen LogP contribution in [0.15, 0.2) is 0 Å². The van der Waals surface area contributed by atoms with E-state index >= 15 is 0 Å². The molecule has 0 radical (unpaired) electrons. The number of aliphatic hydroxyl groups is 1. The first-order chi connectivity index (χ1) is 7.23. The van der Waals surface area contributed by atoms with Gasteiger partial charge in [0.1, 0.15) is 9.84 Å². The average molecular weight is 271 g/mol. The van der Waals surface area contributed by atoms with Crippen molar-refractivity contribution in [3.05, 3.63) is 0 Å². The van der Waals surface area contributed by atoms with Crippen LogP contribution in [0.2, 0.25) is 0 Å². The van der Waals surface area contributed by atoms with Crippen molar-refractivity contribution in [3.8, 4) is 0 Å². The number of sulfone groups is 1. The summed E-state index contributed by atoms with van der Waals surface area (Å²) in [6.45, 7) is 1.44. The van der Waals surface area contributed by atoms with Gasteiger partial charge in [0.05, 0.1) is 22.9 Å². The lowest BCUT2D eigenvalue weighted by Gasteiger charge is -2.22. The molecule has 0 aliphatic carbocycles. The Morgan fingerprint density at radius 3 is 2.31 bits per heavy atom. The maximum Gasteiger partial charge on any atom is 0.214 e. The quantitative estimate of drug-likeness (QED) is 0.673. The van der Waals surface area contributed by atoms with E-state index in [-0.39, 0.29) is 30.9 Å². The summed E-state index contributed by atoms with van der Waals surface area (Å²) in [7, 11) is -6.55. The molecule has 96 valence electrons. The smallest absolute Gasteiger partial charge is 0.214 e. The number of nitrogens with one attached hydrogen (secondary N) is 1. The minimum Gasteiger partial charge on any atom is -0.392 e. The lowest BCUT2D eigenvalue weighted by atomic mass is 10.2. The normalized spacial score (nSPS) is 24.1. The van der Waals surface area contributed by atoms with Gasteiger partial charge >= 0.3 is 0 Å². The molecule has 0 bridgehead atoms. The highest BCUT2D eigenvalue weighted by Crippen LogP contribution is 2.18. The fourth-order valence-electron chi connectivity index (χ4n) is 1.53. The molecule has 1 atom stereocenters. The third-order valence-corrected chi connectivity index (χ3v) is 6.15. The molecular formula is C8H17NO5S2. The first-order valence-electron chi connectivity index (χ1n) is 5.10. The fraction of sp³-hybridized carbons (Fsp3) is 1.00. The van der Waals surface area contributed by atoms with Crippen molar-refractivity contribution in [2.45, 2.75) is 31.1 Å². The zero-order chi connectivity index (χ0) is 12.4. The van der Waals surface area contributed by atoms with E-state index in [1.54, 1.807) is 0 Å². The van der Waals surface area contributed by atoms with E-state index in [4.69, 9.17) is 5.11 Å². The van der Waals surface area contributed by atoms with Crippen LogP contribution in [-0.2, 0) is 19.9 Å². The summed E-state index contributed by atoms with van der Waals surface area (Å²) in [6.07, 6.45) is -0.475. The molecule has 0 amide bonds. The Kier molecular flexibility index (Phi) is 4.33. The van der Waals surface area contributed by atoms with Crippen LogP contribution < -0.4 is 4.72 Å². The molecule has 0 aromatic rings. The SMILES string of the molecule is CC(O)CNS(=O)(=O)C1CCS(=O)(=O)CC1. The molecule has 6 nitrogen and oxygen atoms in total. The van der Waals surface area contributed by atoms with Crippen LogP contribution in [0, 0.1) is 0 Å². The maximum absolute atomic E-state index is 11.7. The molecule has 1 heterocycles. The molecular weight excluding hydrogens is 254 g/mol. The molecule has 1 rings (SSSR count). The Morgan fingerprint density at radius 2 is 1.88 bits per heavy atom. The van der Waals surface area contributed by atoms with Crippen molar-refractivity contribution in [2.75, 3.05) is 18.1 Å². The van der Waals surface area contributed by atoms with Crippen LogP contribution in [-0.4, -0.2) is 51.3 Å². The van der Waals surface area contributed by atoms with Gasteiger partial charge in [0.25, 0.3) is 0 Å². The number of hydrogen-bond donors (Lipinski definition) is 2. The predicted molar refractivity (Wildman–Crippen MR) is 60.3 cm³/mol. The standard InChI is InChI=1S/C8H17NO5S2/c1-7(10)6-9-16(13,14)8-2-4-15(11,12)5-3-8/h7-10H,2-6H2,1H3. The van der Waals surface area contributed by atoms with E-state index in [9.17, 15) is 16.8 Å². The molecule has 1 aliphatic heterocycles. The van der Waals surface area contributed by atoms with Crippen molar-refractivity contribution in [2.24, 2.45) is 0 Å². The Labute approximate surface area is 96.0 Å². The van der Waals surface area contributed by atoms with Crippen molar-refractivity contribution < 1.29 is 21.9 Å². The Balaban J connectivity index is 2.58. The van der Waals surface area contributed by atoms with E-state index in [0.29, 0.717) is 0 Å².